The zero-order valence-electron chi connectivity index (χ0n) is 13.2. The SMILES string of the molecule is O=C(CCCOc1ccccc1)NCc1ccc2c(c1)CNC2. The summed E-state index contributed by atoms with van der Waals surface area (Å²) in [5, 5.41) is 6.30. The van der Waals surface area contributed by atoms with Gasteiger partial charge in [0.15, 0.2) is 0 Å². The zero-order chi connectivity index (χ0) is 15.9. The van der Waals surface area contributed by atoms with E-state index in [0.717, 1.165) is 30.8 Å². The molecule has 1 aliphatic heterocycles. The van der Waals surface area contributed by atoms with E-state index in [1.54, 1.807) is 0 Å². The fourth-order valence-electron chi connectivity index (χ4n) is 2.69. The molecule has 0 aromatic heterocycles. The van der Waals surface area contributed by atoms with Gasteiger partial charge in [-0.2, -0.15) is 0 Å². The monoisotopic (exact) mass is 310 g/mol. The highest BCUT2D eigenvalue weighted by atomic mass is 16.5. The van der Waals surface area contributed by atoms with E-state index in [2.05, 4.69) is 28.8 Å². The van der Waals surface area contributed by atoms with Crippen molar-refractivity contribution in [1.29, 1.82) is 0 Å². The first kappa shape index (κ1) is 15.6. The summed E-state index contributed by atoms with van der Waals surface area (Å²) in [6.07, 6.45) is 1.20. The first-order valence-electron chi connectivity index (χ1n) is 8.07. The van der Waals surface area contributed by atoms with Gasteiger partial charge >= 0.3 is 0 Å². The molecule has 120 valence electrons. The van der Waals surface area contributed by atoms with Crippen LogP contribution in [0.5, 0.6) is 5.75 Å². The molecule has 0 atom stereocenters. The summed E-state index contributed by atoms with van der Waals surface area (Å²) in [5.41, 5.74) is 3.85. The molecule has 2 aromatic rings. The number of fused-ring (bicyclic) bond motifs is 1. The average molecular weight is 310 g/mol. The molecule has 2 N–H and O–H groups in total. The minimum atomic E-state index is 0.0697. The topological polar surface area (TPSA) is 50.4 Å². The van der Waals surface area contributed by atoms with Gasteiger partial charge in [-0.1, -0.05) is 36.4 Å². The standard InChI is InChI=1S/C19H22N2O2/c22-19(7-4-10-23-18-5-2-1-3-6-18)21-12-15-8-9-16-13-20-14-17(16)11-15/h1-3,5-6,8-9,11,20H,4,7,10,12-14H2,(H,21,22). The van der Waals surface area contributed by atoms with Crippen LogP contribution in [0.15, 0.2) is 48.5 Å². The smallest absolute Gasteiger partial charge is 0.220 e. The van der Waals surface area contributed by atoms with Crippen molar-refractivity contribution in [1.82, 2.24) is 10.6 Å². The summed E-state index contributed by atoms with van der Waals surface area (Å²) in [5.74, 6) is 0.917. The van der Waals surface area contributed by atoms with E-state index in [1.807, 2.05) is 30.3 Å². The number of para-hydroxylation sites is 1. The van der Waals surface area contributed by atoms with Gasteiger partial charge in [0.05, 0.1) is 6.61 Å². The van der Waals surface area contributed by atoms with Crippen LogP contribution in [0.25, 0.3) is 0 Å². The molecule has 3 rings (SSSR count). The molecule has 4 heteroatoms. The summed E-state index contributed by atoms with van der Waals surface area (Å²) >= 11 is 0. The largest absolute Gasteiger partial charge is 0.494 e. The van der Waals surface area contributed by atoms with Crippen LogP contribution in [0.2, 0.25) is 0 Å². The predicted octanol–water partition coefficient (Wildman–Crippen LogP) is 2.77. The number of hydrogen-bond donors (Lipinski definition) is 2. The third kappa shape index (κ3) is 4.57. The van der Waals surface area contributed by atoms with E-state index < -0.39 is 0 Å². The van der Waals surface area contributed by atoms with Gasteiger partial charge in [0.2, 0.25) is 5.91 Å². The van der Waals surface area contributed by atoms with Crippen molar-refractivity contribution >= 4 is 5.91 Å². The second kappa shape index (κ2) is 7.79. The molecule has 4 nitrogen and oxygen atoms in total. The van der Waals surface area contributed by atoms with Gasteiger partial charge in [0.1, 0.15) is 5.75 Å². The van der Waals surface area contributed by atoms with Crippen molar-refractivity contribution in [2.24, 2.45) is 0 Å². The Bertz CT molecular complexity index is 656. The fraction of sp³-hybridized carbons (Fsp3) is 0.316. The van der Waals surface area contributed by atoms with Gasteiger partial charge in [-0.25, -0.2) is 0 Å². The van der Waals surface area contributed by atoms with E-state index in [0.29, 0.717) is 19.6 Å². The Morgan fingerprint density at radius 3 is 2.78 bits per heavy atom. The maximum atomic E-state index is 11.9. The van der Waals surface area contributed by atoms with Gasteiger partial charge in [-0.05, 0) is 35.2 Å². The van der Waals surface area contributed by atoms with Crippen LogP contribution in [-0.2, 0) is 24.4 Å². The molecule has 0 aliphatic carbocycles. The minimum Gasteiger partial charge on any atom is -0.494 e. The normalized spacial score (nSPS) is 12.7. The summed E-state index contributed by atoms with van der Waals surface area (Å²) in [4.78, 5) is 11.9. The zero-order valence-corrected chi connectivity index (χ0v) is 13.2. The number of carbonyl (C=O) groups is 1. The number of nitrogens with one attached hydrogen (secondary N) is 2. The molecule has 0 unspecified atom stereocenters. The third-order valence-electron chi connectivity index (χ3n) is 3.95. The lowest BCUT2D eigenvalue weighted by molar-refractivity contribution is -0.121. The molecule has 23 heavy (non-hydrogen) atoms. The molecule has 0 saturated carbocycles. The molecule has 0 radical (unpaired) electrons. The number of rotatable bonds is 7. The van der Waals surface area contributed by atoms with Gasteiger partial charge < -0.3 is 15.4 Å². The number of carbonyl (C=O) groups excluding carboxylic acids is 1. The molecule has 0 spiro atoms. The molecule has 0 bridgehead atoms. The van der Waals surface area contributed by atoms with Crippen LogP contribution in [0, 0.1) is 0 Å². The molecule has 2 aromatic carbocycles. The second-order valence-electron chi connectivity index (χ2n) is 5.75. The lowest BCUT2D eigenvalue weighted by Gasteiger charge is -2.08. The third-order valence-corrected chi connectivity index (χ3v) is 3.95. The van der Waals surface area contributed by atoms with E-state index in [9.17, 15) is 4.79 Å². The molecule has 0 fully saturated rings. The fourth-order valence-corrected chi connectivity index (χ4v) is 2.69. The highest BCUT2D eigenvalue weighted by Crippen LogP contribution is 2.17. The number of hydrogen-bond acceptors (Lipinski definition) is 3. The van der Waals surface area contributed by atoms with Crippen molar-refractivity contribution in [2.45, 2.75) is 32.5 Å². The maximum absolute atomic E-state index is 11.9. The van der Waals surface area contributed by atoms with Crippen LogP contribution in [0.4, 0.5) is 0 Å². The van der Waals surface area contributed by atoms with Crippen molar-refractivity contribution in [3.63, 3.8) is 0 Å². The molecular formula is C19H22N2O2. The van der Waals surface area contributed by atoms with Crippen LogP contribution in [0.3, 0.4) is 0 Å². The summed E-state index contributed by atoms with van der Waals surface area (Å²) < 4.78 is 5.58. The first-order valence-corrected chi connectivity index (χ1v) is 8.07. The Hall–Kier alpha value is -2.33. The molecule has 1 amide bonds. The predicted molar refractivity (Wildman–Crippen MR) is 90.0 cm³/mol. The van der Waals surface area contributed by atoms with Crippen LogP contribution in [0.1, 0.15) is 29.5 Å². The number of amides is 1. The Labute approximate surface area is 136 Å². The van der Waals surface area contributed by atoms with Crippen LogP contribution >= 0.6 is 0 Å². The van der Waals surface area contributed by atoms with Gasteiger partial charge in [-0.3, -0.25) is 4.79 Å². The summed E-state index contributed by atoms with van der Waals surface area (Å²) in [6.45, 7) is 3.02. The minimum absolute atomic E-state index is 0.0697. The Morgan fingerprint density at radius 1 is 1.09 bits per heavy atom. The summed E-state index contributed by atoms with van der Waals surface area (Å²) in [6, 6.07) is 16.1. The van der Waals surface area contributed by atoms with E-state index in [-0.39, 0.29) is 5.91 Å². The van der Waals surface area contributed by atoms with E-state index >= 15 is 0 Å². The van der Waals surface area contributed by atoms with Gasteiger partial charge in [0, 0.05) is 26.1 Å². The van der Waals surface area contributed by atoms with Crippen LogP contribution < -0.4 is 15.4 Å². The number of benzene rings is 2. The molecule has 1 aliphatic rings. The maximum Gasteiger partial charge on any atom is 0.220 e. The Kier molecular flexibility index (Phi) is 5.27. The molecular weight excluding hydrogens is 288 g/mol. The number of ether oxygens (including phenoxy) is 1. The van der Waals surface area contributed by atoms with Crippen molar-refractivity contribution in [2.75, 3.05) is 6.61 Å². The quantitative estimate of drug-likeness (QED) is 0.773. The van der Waals surface area contributed by atoms with Crippen molar-refractivity contribution < 1.29 is 9.53 Å². The van der Waals surface area contributed by atoms with E-state index in [4.69, 9.17) is 4.74 Å². The second-order valence-corrected chi connectivity index (χ2v) is 5.75. The van der Waals surface area contributed by atoms with Crippen molar-refractivity contribution in [3.8, 4) is 5.75 Å². The Morgan fingerprint density at radius 2 is 1.91 bits per heavy atom. The Balaban J connectivity index is 1.35. The average Bonchev–Trinajstić information content (AvgIpc) is 3.05. The first-order chi connectivity index (χ1) is 11.3. The summed E-state index contributed by atoms with van der Waals surface area (Å²) in [7, 11) is 0. The van der Waals surface area contributed by atoms with Gasteiger partial charge in [0.25, 0.3) is 0 Å². The highest BCUT2D eigenvalue weighted by molar-refractivity contribution is 5.75. The highest BCUT2D eigenvalue weighted by Gasteiger charge is 2.10. The lowest BCUT2D eigenvalue weighted by Crippen LogP contribution is -2.23. The van der Waals surface area contributed by atoms with E-state index in [1.165, 1.54) is 11.1 Å². The molecule has 1 heterocycles. The lowest BCUT2D eigenvalue weighted by atomic mass is 10.1. The molecule has 0 saturated heterocycles. The van der Waals surface area contributed by atoms with Crippen LogP contribution in [-0.4, -0.2) is 12.5 Å². The van der Waals surface area contributed by atoms with Crippen molar-refractivity contribution in [3.05, 3.63) is 65.2 Å². The van der Waals surface area contributed by atoms with Gasteiger partial charge in [-0.15, -0.1) is 0 Å².